The number of pyridine rings is 1. The van der Waals surface area contributed by atoms with E-state index >= 15 is 0 Å². The second-order valence-corrected chi connectivity index (χ2v) is 10.2. The largest absolute Gasteiger partial charge is 0.459 e. The zero-order chi connectivity index (χ0) is 24.0. The third-order valence-electron chi connectivity index (χ3n) is 5.08. The highest BCUT2D eigenvalue weighted by Crippen LogP contribution is 2.19. The van der Waals surface area contributed by atoms with Gasteiger partial charge in [0.2, 0.25) is 10.0 Å². The molecule has 1 fully saturated rings. The molecule has 33 heavy (non-hydrogen) atoms. The summed E-state index contributed by atoms with van der Waals surface area (Å²) in [6.45, 7) is 4.68. The fourth-order valence-electron chi connectivity index (χ4n) is 3.19. The molecule has 1 aliphatic heterocycles. The SMILES string of the molecule is CC(C)[C@H](NC(=O)c1cccc(S(=O)(=O)N2CCOCC2)c1)C(=O)OCc1ccc(Cl)nc1. The number of benzene rings is 1. The van der Waals surface area contributed by atoms with Crippen LogP contribution in [-0.2, 0) is 30.9 Å². The maximum Gasteiger partial charge on any atom is 0.329 e. The molecular weight excluding hydrogens is 470 g/mol. The lowest BCUT2D eigenvalue weighted by Gasteiger charge is -2.26. The van der Waals surface area contributed by atoms with E-state index in [0.29, 0.717) is 23.9 Å². The Balaban J connectivity index is 1.69. The summed E-state index contributed by atoms with van der Waals surface area (Å²) in [5.74, 6) is -1.44. The number of rotatable bonds is 8. The maximum absolute atomic E-state index is 12.9. The number of aromatic nitrogens is 1. The van der Waals surface area contributed by atoms with Gasteiger partial charge in [-0.25, -0.2) is 18.2 Å². The van der Waals surface area contributed by atoms with Gasteiger partial charge in [0.25, 0.3) is 5.91 Å². The number of ether oxygens (including phenoxy) is 2. The molecule has 1 atom stereocenters. The van der Waals surface area contributed by atoms with Crippen LogP contribution in [0.1, 0.15) is 29.8 Å². The lowest BCUT2D eigenvalue weighted by molar-refractivity contribution is -0.148. The van der Waals surface area contributed by atoms with Gasteiger partial charge in [0.05, 0.1) is 18.1 Å². The molecule has 1 saturated heterocycles. The number of esters is 1. The number of sulfonamides is 1. The van der Waals surface area contributed by atoms with Crippen LogP contribution in [0, 0.1) is 5.92 Å². The van der Waals surface area contributed by atoms with E-state index in [0.717, 1.165) is 0 Å². The first-order chi connectivity index (χ1) is 15.7. The molecule has 0 unspecified atom stereocenters. The van der Waals surface area contributed by atoms with E-state index in [1.54, 1.807) is 26.0 Å². The summed E-state index contributed by atoms with van der Waals surface area (Å²) in [5, 5.41) is 2.99. The molecule has 0 bridgehead atoms. The lowest BCUT2D eigenvalue weighted by atomic mass is 10.0. The Labute approximate surface area is 198 Å². The molecular formula is C22H26ClN3O6S. The Bertz CT molecular complexity index is 1090. The van der Waals surface area contributed by atoms with Gasteiger partial charge in [-0.05, 0) is 30.2 Å². The lowest BCUT2D eigenvalue weighted by Crippen LogP contribution is -2.45. The van der Waals surface area contributed by atoms with Gasteiger partial charge in [0, 0.05) is 30.4 Å². The van der Waals surface area contributed by atoms with Gasteiger partial charge < -0.3 is 14.8 Å². The highest BCUT2D eigenvalue weighted by atomic mass is 35.5. The zero-order valence-corrected chi connectivity index (χ0v) is 19.9. The quantitative estimate of drug-likeness (QED) is 0.441. The monoisotopic (exact) mass is 495 g/mol. The Kier molecular flexibility index (Phi) is 8.41. The van der Waals surface area contributed by atoms with Crippen molar-refractivity contribution in [1.29, 1.82) is 0 Å². The summed E-state index contributed by atoms with van der Waals surface area (Å²) in [6, 6.07) is 8.10. The van der Waals surface area contributed by atoms with Crippen LogP contribution in [0.5, 0.6) is 0 Å². The average molecular weight is 496 g/mol. The van der Waals surface area contributed by atoms with Crippen LogP contribution in [0.15, 0.2) is 47.5 Å². The van der Waals surface area contributed by atoms with Crippen molar-refractivity contribution >= 4 is 33.5 Å². The standard InChI is InChI=1S/C22H26ClN3O6S/c1-15(2)20(22(28)32-14-16-6-7-19(23)24-13-16)25-21(27)17-4-3-5-18(12-17)33(29,30)26-8-10-31-11-9-26/h3-7,12-13,15,20H,8-11,14H2,1-2H3,(H,25,27)/t20-/m0/s1. The van der Waals surface area contributed by atoms with Crippen molar-refractivity contribution in [2.45, 2.75) is 31.4 Å². The summed E-state index contributed by atoms with van der Waals surface area (Å²) >= 11 is 5.75. The zero-order valence-electron chi connectivity index (χ0n) is 18.4. The van der Waals surface area contributed by atoms with Gasteiger partial charge in [0.1, 0.15) is 17.8 Å². The number of hydrogen-bond donors (Lipinski definition) is 1. The number of hydrogen-bond acceptors (Lipinski definition) is 7. The highest BCUT2D eigenvalue weighted by Gasteiger charge is 2.29. The smallest absolute Gasteiger partial charge is 0.329 e. The molecule has 178 valence electrons. The number of carbonyl (C=O) groups is 2. The molecule has 0 saturated carbocycles. The van der Waals surface area contributed by atoms with Gasteiger partial charge in [-0.3, -0.25) is 4.79 Å². The minimum Gasteiger partial charge on any atom is -0.459 e. The minimum absolute atomic E-state index is 0.0101. The van der Waals surface area contributed by atoms with Gasteiger partial charge in [-0.1, -0.05) is 37.6 Å². The van der Waals surface area contributed by atoms with Crippen molar-refractivity contribution in [3.05, 3.63) is 58.9 Å². The van der Waals surface area contributed by atoms with Crippen molar-refractivity contribution in [2.24, 2.45) is 5.92 Å². The average Bonchev–Trinajstić information content (AvgIpc) is 2.82. The van der Waals surface area contributed by atoms with Gasteiger partial charge in [-0.15, -0.1) is 0 Å². The molecule has 0 spiro atoms. The number of morpholine rings is 1. The third-order valence-corrected chi connectivity index (χ3v) is 7.20. The minimum atomic E-state index is -3.76. The Hall–Kier alpha value is -2.53. The van der Waals surface area contributed by atoms with E-state index in [2.05, 4.69) is 10.3 Å². The molecule has 0 aliphatic carbocycles. The predicted octanol–water partition coefficient (Wildman–Crippen LogP) is 2.25. The van der Waals surface area contributed by atoms with Crippen LogP contribution >= 0.6 is 11.6 Å². The van der Waals surface area contributed by atoms with Crippen LogP contribution in [0.4, 0.5) is 0 Å². The molecule has 2 heterocycles. The first-order valence-corrected chi connectivity index (χ1v) is 12.3. The van der Waals surface area contributed by atoms with Crippen LogP contribution in [-0.4, -0.2) is 61.9 Å². The van der Waals surface area contributed by atoms with E-state index in [-0.39, 0.29) is 36.1 Å². The number of halogens is 1. The second kappa shape index (κ2) is 11.1. The Morgan fingerprint density at radius 3 is 2.58 bits per heavy atom. The van der Waals surface area contributed by atoms with Crippen molar-refractivity contribution in [3.63, 3.8) is 0 Å². The van der Waals surface area contributed by atoms with Gasteiger partial charge in [-0.2, -0.15) is 4.31 Å². The van der Waals surface area contributed by atoms with Crippen LogP contribution in [0.2, 0.25) is 5.15 Å². The number of nitrogens with zero attached hydrogens (tertiary/aromatic N) is 2. The third kappa shape index (κ3) is 6.50. The van der Waals surface area contributed by atoms with E-state index < -0.39 is 27.9 Å². The summed E-state index contributed by atoms with van der Waals surface area (Å²) in [5.41, 5.74) is 0.785. The molecule has 1 aromatic carbocycles. The molecule has 1 aromatic heterocycles. The van der Waals surface area contributed by atoms with E-state index in [1.807, 2.05) is 0 Å². The normalized spacial score (nSPS) is 15.8. The number of nitrogens with one attached hydrogen (secondary N) is 1. The fraction of sp³-hybridized carbons (Fsp3) is 0.409. The molecule has 1 amide bonds. The molecule has 11 heteroatoms. The predicted molar refractivity (Wildman–Crippen MR) is 121 cm³/mol. The fourth-order valence-corrected chi connectivity index (χ4v) is 4.76. The van der Waals surface area contributed by atoms with Crippen molar-refractivity contribution < 1.29 is 27.5 Å². The summed E-state index contributed by atoms with van der Waals surface area (Å²) < 4.78 is 37.7. The summed E-state index contributed by atoms with van der Waals surface area (Å²) in [6.07, 6.45) is 1.50. The first-order valence-electron chi connectivity index (χ1n) is 10.4. The van der Waals surface area contributed by atoms with E-state index in [9.17, 15) is 18.0 Å². The van der Waals surface area contributed by atoms with Crippen LogP contribution in [0.3, 0.4) is 0 Å². The van der Waals surface area contributed by atoms with E-state index in [1.165, 1.54) is 34.8 Å². The van der Waals surface area contributed by atoms with Gasteiger partial charge >= 0.3 is 5.97 Å². The van der Waals surface area contributed by atoms with Crippen molar-refractivity contribution in [2.75, 3.05) is 26.3 Å². The van der Waals surface area contributed by atoms with Gasteiger partial charge in [0.15, 0.2) is 0 Å². The summed E-state index contributed by atoms with van der Waals surface area (Å²) in [7, 11) is -3.76. The Morgan fingerprint density at radius 1 is 1.21 bits per heavy atom. The van der Waals surface area contributed by atoms with E-state index in [4.69, 9.17) is 21.1 Å². The molecule has 9 nitrogen and oxygen atoms in total. The van der Waals surface area contributed by atoms with Crippen LogP contribution in [0.25, 0.3) is 0 Å². The number of carbonyl (C=O) groups excluding carboxylic acids is 2. The number of amides is 1. The van der Waals surface area contributed by atoms with Crippen molar-refractivity contribution in [1.82, 2.24) is 14.6 Å². The molecule has 2 aromatic rings. The highest BCUT2D eigenvalue weighted by molar-refractivity contribution is 7.89. The topological polar surface area (TPSA) is 115 Å². The maximum atomic E-state index is 12.9. The molecule has 1 N–H and O–H groups in total. The molecule has 1 aliphatic rings. The van der Waals surface area contributed by atoms with Crippen molar-refractivity contribution in [3.8, 4) is 0 Å². The summed E-state index contributed by atoms with van der Waals surface area (Å²) in [4.78, 5) is 29.4. The Morgan fingerprint density at radius 2 is 1.94 bits per heavy atom. The molecule has 0 radical (unpaired) electrons. The second-order valence-electron chi connectivity index (χ2n) is 7.84. The molecule has 3 rings (SSSR count). The van der Waals surface area contributed by atoms with Crippen LogP contribution < -0.4 is 5.32 Å². The first kappa shape index (κ1) is 25.1.